The van der Waals surface area contributed by atoms with E-state index in [1.165, 1.54) is 5.56 Å². The molecule has 2 unspecified atom stereocenters. The molecule has 1 heterocycles. The van der Waals surface area contributed by atoms with Gasteiger partial charge in [0.05, 0.1) is 5.69 Å². The lowest BCUT2D eigenvalue weighted by atomic mass is 9.97. The van der Waals surface area contributed by atoms with Crippen LogP contribution in [0.1, 0.15) is 53.8 Å². The summed E-state index contributed by atoms with van der Waals surface area (Å²) in [6.45, 7) is 2.04. The van der Waals surface area contributed by atoms with E-state index in [2.05, 4.69) is 16.5 Å². The van der Waals surface area contributed by atoms with Crippen LogP contribution in [0.2, 0.25) is 5.02 Å². The Morgan fingerprint density at radius 2 is 2.22 bits per heavy atom. The third kappa shape index (κ3) is 3.58. The number of nitrogens with one attached hydrogen (secondary N) is 1. The molecule has 1 amide bonds. The summed E-state index contributed by atoms with van der Waals surface area (Å²) in [4.78, 5) is 12.5. The standard InChI is InChI=1S/C18H22ClN3O/c1-3-15-11-17(22(2)21-15)18(23)20-16-8-7-13(10-16)12-5-4-6-14(19)9-12/h4-6,9,11,13,16H,3,7-8,10H2,1-2H3,(H,20,23). The molecular formula is C18H22ClN3O. The van der Waals surface area contributed by atoms with Gasteiger partial charge in [-0.15, -0.1) is 0 Å². The number of aromatic nitrogens is 2. The molecule has 1 N–H and O–H groups in total. The van der Waals surface area contributed by atoms with E-state index >= 15 is 0 Å². The molecule has 122 valence electrons. The van der Waals surface area contributed by atoms with Crippen LogP contribution in [0.5, 0.6) is 0 Å². The maximum atomic E-state index is 12.5. The molecule has 5 heteroatoms. The van der Waals surface area contributed by atoms with Gasteiger partial charge in [-0.3, -0.25) is 9.48 Å². The molecule has 1 aromatic carbocycles. The van der Waals surface area contributed by atoms with Crippen LogP contribution in [-0.4, -0.2) is 21.7 Å². The van der Waals surface area contributed by atoms with Gasteiger partial charge in [-0.05, 0) is 55.4 Å². The molecular weight excluding hydrogens is 310 g/mol. The van der Waals surface area contributed by atoms with Crippen molar-refractivity contribution in [2.75, 3.05) is 0 Å². The Balaban J connectivity index is 1.63. The van der Waals surface area contributed by atoms with Gasteiger partial charge in [0, 0.05) is 18.1 Å². The van der Waals surface area contributed by atoms with Gasteiger partial charge in [0.25, 0.3) is 5.91 Å². The quantitative estimate of drug-likeness (QED) is 0.928. The van der Waals surface area contributed by atoms with Crippen LogP contribution in [0.15, 0.2) is 30.3 Å². The normalized spacial score (nSPS) is 20.7. The smallest absolute Gasteiger partial charge is 0.269 e. The molecule has 23 heavy (non-hydrogen) atoms. The lowest BCUT2D eigenvalue weighted by molar-refractivity contribution is 0.0928. The highest BCUT2D eigenvalue weighted by Gasteiger charge is 2.28. The molecule has 1 fully saturated rings. The topological polar surface area (TPSA) is 46.9 Å². The largest absolute Gasteiger partial charge is 0.348 e. The van der Waals surface area contributed by atoms with Crippen molar-refractivity contribution in [1.82, 2.24) is 15.1 Å². The van der Waals surface area contributed by atoms with E-state index in [-0.39, 0.29) is 11.9 Å². The number of hydrogen-bond donors (Lipinski definition) is 1. The van der Waals surface area contributed by atoms with E-state index < -0.39 is 0 Å². The molecule has 0 aliphatic heterocycles. The number of nitrogens with zero attached hydrogens (tertiary/aromatic N) is 2. The second-order valence-corrected chi connectivity index (χ2v) is 6.67. The monoisotopic (exact) mass is 331 g/mol. The van der Waals surface area contributed by atoms with Crippen molar-refractivity contribution in [1.29, 1.82) is 0 Å². The first-order valence-electron chi connectivity index (χ1n) is 8.16. The van der Waals surface area contributed by atoms with E-state index in [9.17, 15) is 4.79 Å². The Hall–Kier alpha value is -1.81. The van der Waals surface area contributed by atoms with E-state index in [1.54, 1.807) is 4.68 Å². The SMILES string of the molecule is CCc1cc(C(=O)NC2CCC(c3cccc(Cl)c3)C2)n(C)n1. The van der Waals surface area contributed by atoms with E-state index in [0.29, 0.717) is 11.6 Å². The summed E-state index contributed by atoms with van der Waals surface area (Å²) in [5, 5.41) is 8.27. The average Bonchev–Trinajstić information content (AvgIpc) is 3.13. The highest BCUT2D eigenvalue weighted by Crippen LogP contribution is 2.35. The Morgan fingerprint density at radius 1 is 1.39 bits per heavy atom. The third-order valence-corrected chi connectivity index (χ3v) is 4.85. The summed E-state index contributed by atoms with van der Waals surface area (Å²) < 4.78 is 1.66. The first-order chi connectivity index (χ1) is 11.1. The zero-order valence-electron chi connectivity index (χ0n) is 13.6. The fraction of sp³-hybridized carbons (Fsp3) is 0.444. The third-order valence-electron chi connectivity index (χ3n) is 4.61. The first-order valence-corrected chi connectivity index (χ1v) is 8.54. The van der Waals surface area contributed by atoms with Crippen molar-refractivity contribution in [3.05, 3.63) is 52.3 Å². The number of rotatable bonds is 4. The fourth-order valence-electron chi connectivity index (χ4n) is 3.35. The minimum absolute atomic E-state index is 0.0311. The zero-order valence-corrected chi connectivity index (χ0v) is 14.3. The van der Waals surface area contributed by atoms with Gasteiger partial charge >= 0.3 is 0 Å². The highest BCUT2D eigenvalue weighted by molar-refractivity contribution is 6.30. The molecule has 3 rings (SSSR count). The van der Waals surface area contributed by atoms with Crippen LogP contribution in [0.3, 0.4) is 0 Å². The maximum Gasteiger partial charge on any atom is 0.269 e. The van der Waals surface area contributed by atoms with Gasteiger partial charge in [-0.25, -0.2) is 0 Å². The Morgan fingerprint density at radius 3 is 2.91 bits per heavy atom. The van der Waals surface area contributed by atoms with Crippen LogP contribution < -0.4 is 5.32 Å². The molecule has 2 atom stereocenters. The predicted octanol–water partition coefficient (Wildman–Crippen LogP) is 3.70. The predicted molar refractivity (Wildman–Crippen MR) is 91.9 cm³/mol. The molecule has 0 radical (unpaired) electrons. The van der Waals surface area contributed by atoms with Crippen molar-refractivity contribution < 1.29 is 4.79 Å². The molecule has 0 saturated heterocycles. The van der Waals surface area contributed by atoms with Gasteiger partial charge in [-0.2, -0.15) is 5.10 Å². The molecule has 0 spiro atoms. The van der Waals surface area contributed by atoms with E-state index in [0.717, 1.165) is 36.4 Å². The number of halogens is 1. The van der Waals surface area contributed by atoms with Crippen molar-refractivity contribution in [3.63, 3.8) is 0 Å². The minimum atomic E-state index is -0.0311. The summed E-state index contributed by atoms with van der Waals surface area (Å²) in [6, 6.07) is 10.1. The zero-order chi connectivity index (χ0) is 16.4. The van der Waals surface area contributed by atoms with Crippen molar-refractivity contribution in [2.24, 2.45) is 7.05 Å². The summed E-state index contributed by atoms with van der Waals surface area (Å²) >= 11 is 6.08. The van der Waals surface area contributed by atoms with Crippen LogP contribution >= 0.6 is 11.6 Å². The Labute approximate surface area is 141 Å². The number of aryl methyl sites for hydroxylation is 2. The number of carbonyl (C=O) groups is 1. The molecule has 1 aliphatic carbocycles. The number of amides is 1. The lowest BCUT2D eigenvalue weighted by Crippen LogP contribution is -2.34. The van der Waals surface area contributed by atoms with Gasteiger partial charge in [0.1, 0.15) is 5.69 Å². The molecule has 2 aromatic rings. The molecule has 0 bridgehead atoms. The van der Waals surface area contributed by atoms with Crippen molar-refractivity contribution in [2.45, 2.75) is 44.6 Å². The number of hydrogen-bond acceptors (Lipinski definition) is 2. The van der Waals surface area contributed by atoms with Crippen LogP contribution in [0.25, 0.3) is 0 Å². The van der Waals surface area contributed by atoms with Gasteiger partial charge in [0.15, 0.2) is 0 Å². The van der Waals surface area contributed by atoms with Gasteiger partial charge in [-0.1, -0.05) is 30.7 Å². The Bertz CT molecular complexity index is 710. The summed E-state index contributed by atoms with van der Waals surface area (Å²) in [5.74, 6) is 0.438. The van der Waals surface area contributed by atoms with Crippen LogP contribution in [-0.2, 0) is 13.5 Å². The van der Waals surface area contributed by atoms with Crippen molar-refractivity contribution >= 4 is 17.5 Å². The maximum absolute atomic E-state index is 12.5. The first kappa shape index (κ1) is 16.1. The molecule has 1 aliphatic rings. The van der Waals surface area contributed by atoms with Crippen LogP contribution in [0, 0.1) is 0 Å². The van der Waals surface area contributed by atoms with Crippen LogP contribution in [0.4, 0.5) is 0 Å². The summed E-state index contributed by atoms with van der Waals surface area (Å²) in [7, 11) is 1.82. The molecule has 1 aromatic heterocycles. The highest BCUT2D eigenvalue weighted by atomic mass is 35.5. The molecule has 4 nitrogen and oxygen atoms in total. The van der Waals surface area contributed by atoms with Crippen molar-refractivity contribution in [3.8, 4) is 0 Å². The van der Waals surface area contributed by atoms with Gasteiger partial charge in [0.2, 0.25) is 0 Å². The lowest BCUT2D eigenvalue weighted by Gasteiger charge is -2.14. The average molecular weight is 332 g/mol. The molecule has 1 saturated carbocycles. The number of benzene rings is 1. The minimum Gasteiger partial charge on any atom is -0.348 e. The second kappa shape index (κ2) is 6.75. The number of carbonyl (C=O) groups excluding carboxylic acids is 1. The fourth-order valence-corrected chi connectivity index (χ4v) is 3.55. The summed E-state index contributed by atoms with van der Waals surface area (Å²) in [5.41, 5.74) is 2.84. The summed E-state index contributed by atoms with van der Waals surface area (Å²) in [6.07, 6.45) is 3.88. The van der Waals surface area contributed by atoms with E-state index in [1.807, 2.05) is 38.2 Å². The second-order valence-electron chi connectivity index (χ2n) is 6.23. The Kier molecular flexibility index (Phi) is 4.71. The van der Waals surface area contributed by atoms with E-state index in [4.69, 9.17) is 11.6 Å². The van der Waals surface area contributed by atoms with Gasteiger partial charge < -0.3 is 5.32 Å².